The van der Waals surface area contributed by atoms with Gasteiger partial charge < -0.3 is 11.1 Å². The summed E-state index contributed by atoms with van der Waals surface area (Å²) < 4.78 is 1.70. The summed E-state index contributed by atoms with van der Waals surface area (Å²) in [4.78, 5) is 22.0. The van der Waals surface area contributed by atoms with Crippen LogP contribution in [-0.2, 0) is 4.79 Å². The van der Waals surface area contributed by atoms with Gasteiger partial charge >= 0.3 is 6.03 Å². The van der Waals surface area contributed by atoms with E-state index in [1.54, 1.807) is 6.92 Å². The number of carbonyl (C=O) groups excluding carboxylic acids is 2. The number of hydrogen-bond donors (Lipinski definition) is 3. The van der Waals surface area contributed by atoms with Gasteiger partial charge in [0, 0.05) is 8.95 Å². The maximum Gasteiger partial charge on any atom is 0.318 e. The minimum absolute atomic E-state index is 0.482. The van der Waals surface area contributed by atoms with Crippen LogP contribution in [0.4, 0.5) is 10.5 Å². The van der Waals surface area contributed by atoms with Gasteiger partial charge in [-0.25, -0.2) is 4.79 Å². The van der Waals surface area contributed by atoms with E-state index in [1.165, 1.54) is 0 Å². The van der Waals surface area contributed by atoms with Gasteiger partial charge in [0.15, 0.2) is 0 Å². The summed E-state index contributed by atoms with van der Waals surface area (Å²) in [5, 5.41) is 4.97. The Balaban J connectivity index is 2.73. The molecule has 1 aromatic carbocycles. The highest BCUT2D eigenvalue weighted by atomic mass is 79.9. The molecule has 0 saturated heterocycles. The van der Waals surface area contributed by atoms with Crippen molar-refractivity contribution >= 4 is 49.5 Å². The topological polar surface area (TPSA) is 84.2 Å². The van der Waals surface area contributed by atoms with Crippen LogP contribution in [0, 0.1) is 0 Å². The molecule has 1 aromatic rings. The number of anilines is 1. The van der Waals surface area contributed by atoms with E-state index in [1.807, 2.05) is 23.5 Å². The standard InChI is InChI=1S/C10H11Br2N3O2/c1-5(9(16)15-10(13)17)14-8-4-6(11)2-3-7(8)12/h2-5,14H,1H3,(H3,13,15,16,17). The predicted molar refractivity (Wildman–Crippen MR) is 72.7 cm³/mol. The molecule has 1 unspecified atom stereocenters. The average molecular weight is 365 g/mol. The SMILES string of the molecule is CC(Nc1cc(Br)ccc1Br)C(=O)NC(N)=O. The summed E-state index contributed by atoms with van der Waals surface area (Å²) in [7, 11) is 0. The van der Waals surface area contributed by atoms with Gasteiger partial charge in [0.05, 0.1) is 5.69 Å². The van der Waals surface area contributed by atoms with Crippen molar-refractivity contribution in [2.75, 3.05) is 5.32 Å². The second-order valence-electron chi connectivity index (χ2n) is 3.34. The molecule has 0 aliphatic rings. The van der Waals surface area contributed by atoms with E-state index in [-0.39, 0.29) is 0 Å². The molecule has 0 aliphatic heterocycles. The van der Waals surface area contributed by atoms with Crippen molar-refractivity contribution in [2.24, 2.45) is 5.73 Å². The van der Waals surface area contributed by atoms with Crippen LogP contribution in [0.5, 0.6) is 0 Å². The largest absolute Gasteiger partial charge is 0.373 e. The molecule has 0 spiro atoms. The maximum absolute atomic E-state index is 11.5. The first kappa shape index (κ1) is 14.0. The Kier molecular flexibility index (Phi) is 4.95. The molecule has 0 fully saturated rings. The third kappa shape index (κ3) is 4.35. The lowest BCUT2D eigenvalue weighted by atomic mass is 10.2. The molecule has 92 valence electrons. The number of nitrogens with two attached hydrogens (primary N) is 1. The number of carbonyl (C=O) groups is 2. The van der Waals surface area contributed by atoms with Gasteiger partial charge in [0.1, 0.15) is 6.04 Å². The Morgan fingerprint density at radius 1 is 1.35 bits per heavy atom. The number of benzene rings is 1. The zero-order chi connectivity index (χ0) is 13.0. The summed E-state index contributed by atoms with van der Waals surface area (Å²) in [5.74, 6) is -0.482. The molecular formula is C10H11Br2N3O2. The molecule has 4 N–H and O–H groups in total. The Morgan fingerprint density at radius 2 is 2.00 bits per heavy atom. The average Bonchev–Trinajstić information content (AvgIpc) is 2.22. The van der Waals surface area contributed by atoms with Gasteiger partial charge in [-0.2, -0.15) is 0 Å². The second-order valence-corrected chi connectivity index (χ2v) is 5.11. The fourth-order valence-electron chi connectivity index (χ4n) is 1.14. The number of rotatable bonds is 3. The number of hydrogen-bond acceptors (Lipinski definition) is 3. The van der Waals surface area contributed by atoms with Gasteiger partial charge in [0.25, 0.3) is 0 Å². The molecule has 1 atom stereocenters. The van der Waals surface area contributed by atoms with Crippen LogP contribution in [0.2, 0.25) is 0 Å². The van der Waals surface area contributed by atoms with Gasteiger partial charge in [-0.1, -0.05) is 15.9 Å². The minimum atomic E-state index is -0.864. The summed E-state index contributed by atoms with van der Waals surface area (Å²) in [5.41, 5.74) is 5.61. The normalized spacial score (nSPS) is 11.7. The molecule has 7 heteroatoms. The van der Waals surface area contributed by atoms with Crippen molar-refractivity contribution in [1.29, 1.82) is 0 Å². The lowest BCUT2D eigenvalue weighted by Gasteiger charge is -2.15. The van der Waals surface area contributed by atoms with E-state index < -0.39 is 18.0 Å². The molecule has 3 amide bonds. The van der Waals surface area contributed by atoms with Crippen molar-refractivity contribution in [3.8, 4) is 0 Å². The number of nitrogens with one attached hydrogen (secondary N) is 2. The van der Waals surface area contributed by atoms with Crippen molar-refractivity contribution in [1.82, 2.24) is 5.32 Å². The Labute approximate surface area is 115 Å². The zero-order valence-corrected chi connectivity index (χ0v) is 12.1. The van der Waals surface area contributed by atoms with Crippen LogP contribution in [0.3, 0.4) is 0 Å². The smallest absolute Gasteiger partial charge is 0.318 e. The molecule has 0 bridgehead atoms. The van der Waals surface area contributed by atoms with Crippen LogP contribution in [0.15, 0.2) is 27.1 Å². The summed E-state index contributed by atoms with van der Waals surface area (Å²) in [6, 6.07) is 4.08. The minimum Gasteiger partial charge on any atom is -0.373 e. The van der Waals surface area contributed by atoms with Crippen LogP contribution < -0.4 is 16.4 Å². The number of primary amides is 1. The molecule has 1 rings (SSSR count). The molecule has 17 heavy (non-hydrogen) atoms. The van der Waals surface area contributed by atoms with Crippen molar-refractivity contribution in [2.45, 2.75) is 13.0 Å². The van der Waals surface area contributed by atoms with Crippen molar-refractivity contribution in [3.05, 3.63) is 27.1 Å². The van der Waals surface area contributed by atoms with Crippen LogP contribution in [0.25, 0.3) is 0 Å². The Morgan fingerprint density at radius 3 is 2.59 bits per heavy atom. The fourth-order valence-corrected chi connectivity index (χ4v) is 1.86. The molecule has 0 saturated carbocycles. The van der Waals surface area contributed by atoms with E-state index in [4.69, 9.17) is 5.73 Å². The summed E-state index contributed by atoms with van der Waals surface area (Å²) >= 11 is 6.68. The molecule has 0 aromatic heterocycles. The molecule has 5 nitrogen and oxygen atoms in total. The predicted octanol–water partition coefficient (Wildman–Crippen LogP) is 2.21. The first-order valence-corrected chi connectivity index (χ1v) is 6.30. The highest BCUT2D eigenvalue weighted by molar-refractivity contribution is 9.11. The number of amides is 3. The van der Waals surface area contributed by atoms with Gasteiger partial charge in [-0.15, -0.1) is 0 Å². The van der Waals surface area contributed by atoms with E-state index in [0.29, 0.717) is 0 Å². The Hall–Kier alpha value is -1.08. The highest BCUT2D eigenvalue weighted by Gasteiger charge is 2.15. The quantitative estimate of drug-likeness (QED) is 0.768. The van der Waals surface area contributed by atoms with Gasteiger partial charge in [-0.3, -0.25) is 10.1 Å². The first-order chi connectivity index (χ1) is 7.90. The third-order valence-corrected chi connectivity index (χ3v) is 3.12. The van der Waals surface area contributed by atoms with Crippen molar-refractivity contribution in [3.63, 3.8) is 0 Å². The van der Waals surface area contributed by atoms with E-state index in [0.717, 1.165) is 14.6 Å². The molecular weight excluding hydrogens is 354 g/mol. The fraction of sp³-hybridized carbons (Fsp3) is 0.200. The van der Waals surface area contributed by atoms with Crippen LogP contribution in [-0.4, -0.2) is 18.0 Å². The van der Waals surface area contributed by atoms with Crippen LogP contribution >= 0.6 is 31.9 Å². The van der Waals surface area contributed by atoms with E-state index in [2.05, 4.69) is 37.2 Å². The second kappa shape index (κ2) is 6.02. The van der Waals surface area contributed by atoms with Gasteiger partial charge in [0.2, 0.25) is 5.91 Å². The first-order valence-electron chi connectivity index (χ1n) is 4.72. The maximum atomic E-state index is 11.5. The molecule has 0 aliphatic carbocycles. The molecule has 0 radical (unpaired) electrons. The van der Waals surface area contributed by atoms with E-state index >= 15 is 0 Å². The van der Waals surface area contributed by atoms with Crippen LogP contribution in [0.1, 0.15) is 6.92 Å². The lowest BCUT2D eigenvalue weighted by molar-refractivity contribution is -0.120. The highest BCUT2D eigenvalue weighted by Crippen LogP contribution is 2.26. The summed E-state index contributed by atoms with van der Waals surface area (Å²) in [6.07, 6.45) is 0. The monoisotopic (exact) mass is 363 g/mol. The lowest BCUT2D eigenvalue weighted by Crippen LogP contribution is -2.43. The van der Waals surface area contributed by atoms with Gasteiger partial charge in [-0.05, 0) is 41.1 Å². The number of imide groups is 1. The van der Waals surface area contributed by atoms with E-state index in [9.17, 15) is 9.59 Å². The number of urea groups is 1. The summed E-state index contributed by atoms with van der Waals surface area (Å²) in [6.45, 7) is 1.63. The third-order valence-electron chi connectivity index (χ3n) is 1.94. The van der Waals surface area contributed by atoms with Crippen molar-refractivity contribution < 1.29 is 9.59 Å². The Bertz CT molecular complexity index is 451. The molecule has 0 heterocycles. The zero-order valence-electron chi connectivity index (χ0n) is 8.96. The number of halogens is 2.